The third kappa shape index (κ3) is 3.79. The first-order valence-electron chi connectivity index (χ1n) is 6.93. The van der Waals surface area contributed by atoms with Gasteiger partial charge in [-0.3, -0.25) is 4.79 Å². The fourth-order valence-electron chi connectivity index (χ4n) is 2.37. The van der Waals surface area contributed by atoms with E-state index in [1.54, 1.807) is 0 Å². The lowest BCUT2D eigenvalue weighted by Gasteiger charge is -2.35. The number of amides is 1. The number of hydrogen-bond acceptors (Lipinski definition) is 4. The summed E-state index contributed by atoms with van der Waals surface area (Å²) < 4.78 is 37.1. The Labute approximate surface area is 126 Å². The minimum Gasteiger partial charge on any atom is -0.452 e. The van der Waals surface area contributed by atoms with Gasteiger partial charge in [0.2, 0.25) is 0 Å². The van der Waals surface area contributed by atoms with Crippen LogP contribution in [0.5, 0.6) is 0 Å². The number of carbonyl (C=O) groups excluding carboxylic acids is 2. The van der Waals surface area contributed by atoms with Crippen LogP contribution in [-0.2, 0) is 14.3 Å². The second kappa shape index (κ2) is 6.83. The van der Waals surface area contributed by atoms with Crippen molar-refractivity contribution in [2.75, 3.05) is 19.7 Å². The average Bonchev–Trinajstić information content (AvgIpc) is 2.43. The predicted molar refractivity (Wildman–Crippen MR) is 73.2 cm³/mol. The van der Waals surface area contributed by atoms with E-state index in [0.717, 1.165) is 18.2 Å². The molecule has 120 valence electrons. The van der Waals surface area contributed by atoms with Gasteiger partial charge in [0.15, 0.2) is 6.61 Å². The summed E-state index contributed by atoms with van der Waals surface area (Å²) in [6.07, 6.45) is -0.236. The van der Waals surface area contributed by atoms with Gasteiger partial charge in [-0.1, -0.05) is 6.07 Å². The van der Waals surface area contributed by atoms with Crippen LogP contribution in [-0.4, -0.2) is 48.7 Å². The molecule has 7 heteroatoms. The van der Waals surface area contributed by atoms with Crippen LogP contribution in [0, 0.1) is 11.6 Å². The average molecular weight is 313 g/mol. The largest absolute Gasteiger partial charge is 0.452 e. The molecule has 1 aliphatic heterocycles. The second-order valence-corrected chi connectivity index (χ2v) is 5.23. The van der Waals surface area contributed by atoms with Crippen molar-refractivity contribution < 1.29 is 27.8 Å². The molecule has 1 heterocycles. The second-order valence-electron chi connectivity index (χ2n) is 5.23. The maximum absolute atomic E-state index is 13.4. The standard InChI is InChI=1S/C15H17F2NO4/c1-9-6-18(7-10(2)22-9)13(19)8-21-15(20)14-11(16)4-3-5-12(14)17/h3-5,9-10H,6-8H2,1-2H3/t9-,10-/m0/s1. The fourth-order valence-corrected chi connectivity index (χ4v) is 2.37. The summed E-state index contributed by atoms with van der Waals surface area (Å²) in [7, 11) is 0. The first kappa shape index (κ1) is 16.4. The molecule has 2 rings (SSSR count). The van der Waals surface area contributed by atoms with E-state index in [2.05, 4.69) is 0 Å². The fraction of sp³-hybridized carbons (Fsp3) is 0.467. The molecule has 1 aromatic carbocycles. The number of hydrogen-bond donors (Lipinski definition) is 0. The highest BCUT2D eigenvalue weighted by Crippen LogP contribution is 2.14. The molecule has 1 fully saturated rings. The number of nitrogens with zero attached hydrogens (tertiary/aromatic N) is 1. The highest BCUT2D eigenvalue weighted by atomic mass is 19.1. The zero-order chi connectivity index (χ0) is 16.3. The minimum atomic E-state index is -1.20. The van der Waals surface area contributed by atoms with Crippen LogP contribution in [0.1, 0.15) is 24.2 Å². The number of carbonyl (C=O) groups is 2. The normalized spacial score (nSPS) is 21.5. The summed E-state index contributed by atoms with van der Waals surface area (Å²) in [5.74, 6) is -3.66. The zero-order valence-corrected chi connectivity index (χ0v) is 12.3. The van der Waals surface area contributed by atoms with Gasteiger partial charge in [0.05, 0.1) is 12.2 Å². The van der Waals surface area contributed by atoms with Gasteiger partial charge in [-0.05, 0) is 26.0 Å². The van der Waals surface area contributed by atoms with Gasteiger partial charge in [-0.15, -0.1) is 0 Å². The van der Waals surface area contributed by atoms with Crippen LogP contribution in [0.3, 0.4) is 0 Å². The van der Waals surface area contributed by atoms with Crippen molar-refractivity contribution in [1.29, 1.82) is 0 Å². The maximum atomic E-state index is 13.4. The molecule has 1 saturated heterocycles. The molecule has 0 N–H and O–H groups in total. The highest BCUT2D eigenvalue weighted by Gasteiger charge is 2.27. The number of rotatable bonds is 3. The van der Waals surface area contributed by atoms with E-state index in [1.165, 1.54) is 4.90 Å². The van der Waals surface area contributed by atoms with Gasteiger partial charge in [0, 0.05) is 13.1 Å². The van der Waals surface area contributed by atoms with Crippen LogP contribution >= 0.6 is 0 Å². The Morgan fingerprint density at radius 3 is 2.32 bits per heavy atom. The molecule has 1 aliphatic rings. The van der Waals surface area contributed by atoms with Gasteiger partial charge >= 0.3 is 5.97 Å². The molecule has 0 aliphatic carbocycles. The highest BCUT2D eigenvalue weighted by molar-refractivity contribution is 5.91. The topological polar surface area (TPSA) is 55.8 Å². The summed E-state index contributed by atoms with van der Waals surface area (Å²) in [6.45, 7) is 3.86. The van der Waals surface area contributed by atoms with Gasteiger partial charge < -0.3 is 14.4 Å². The zero-order valence-electron chi connectivity index (χ0n) is 12.3. The summed E-state index contributed by atoms with van der Waals surface area (Å²) in [4.78, 5) is 25.2. The van der Waals surface area contributed by atoms with Gasteiger partial charge in [-0.2, -0.15) is 0 Å². The molecule has 5 nitrogen and oxygen atoms in total. The summed E-state index contributed by atoms with van der Waals surface area (Å²) in [6, 6.07) is 3.04. The Balaban J connectivity index is 1.95. The summed E-state index contributed by atoms with van der Waals surface area (Å²) in [5, 5.41) is 0. The van der Waals surface area contributed by atoms with E-state index in [1.807, 2.05) is 13.8 Å². The van der Waals surface area contributed by atoms with Crippen molar-refractivity contribution in [3.63, 3.8) is 0 Å². The lowest BCUT2D eigenvalue weighted by Crippen LogP contribution is -2.49. The summed E-state index contributed by atoms with van der Waals surface area (Å²) >= 11 is 0. The first-order valence-corrected chi connectivity index (χ1v) is 6.93. The van der Waals surface area contributed by atoms with E-state index in [4.69, 9.17) is 9.47 Å². The Hall–Kier alpha value is -2.02. The molecule has 1 amide bonds. The third-order valence-corrected chi connectivity index (χ3v) is 3.27. The van der Waals surface area contributed by atoms with Crippen molar-refractivity contribution in [2.24, 2.45) is 0 Å². The number of morpholine rings is 1. The molecule has 0 radical (unpaired) electrons. The van der Waals surface area contributed by atoms with Crippen molar-refractivity contribution >= 4 is 11.9 Å². The maximum Gasteiger partial charge on any atom is 0.344 e. The lowest BCUT2D eigenvalue weighted by atomic mass is 10.2. The Kier molecular flexibility index (Phi) is 5.07. The van der Waals surface area contributed by atoms with Crippen LogP contribution in [0.4, 0.5) is 8.78 Å². The van der Waals surface area contributed by atoms with E-state index < -0.39 is 35.7 Å². The molecular weight excluding hydrogens is 296 g/mol. The Morgan fingerprint density at radius 1 is 1.23 bits per heavy atom. The van der Waals surface area contributed by atoms with Crippen LogP contribution in [0.15, 0.2) is 18.2 Å². The van der Waals surface area contributed by atoms with Crippen LogP contribution in [0.2, 0.25) is 0 Å². The van der Waals surface area contributed by atoms with Crippen molar-refractivity contribution in [2.45, 2.75) is 26.1 Å². The molecule has 0 unspecified atom stereocenters. The van der Waals surface area contributed by atoms with Crippen LogP contribution < -0.4 is 0 Å². The van der Waals surface area contributed by atoms with Crippen LogP contribution in [0.25, 0.3) is 0 Å². The Bertz CT molecular complexity index is 548. The molecule has 0 aromatic heterocycles. The molecule has 0 bridgehead atoms. The lowest BCUT2D eigenvalue weighted by molar-refractivity contribution is -0.146. The number of benzene rings is 1. The Morgan fingerprint density at radius 2 is 1.77 bits per heavy atom. The summed E-state index contributed by atoms with van der Waals surface area (Å²) in [5.41, 5.74) is -0.793. The van der Waals surface area contributed by atoms with Crippen molar-refractivity contribution in [3.05, 3.63) is 35.4 Å². The van der Waals surface area contributed by atoms with Gasteiger partial charge in [0.25, 0.3) is 5.91 Å². The van der Waals surface area contributed by atoms with Gasteiger partial charge in [0.1, 0.15) is 17.2 Å². The molecule has 22 heavy (non-hydrogen) atoms. The van der Waals surface area contributed by atoms with Gasteiger partial charge in [-0.25, -0.2) is 13.6 Å². The predicted octanol–water partition coefficient (Wildman–Crippen LogP) is 1.76. The van der Waals surface area contributed by atoms with E-state index in [-0.39, 0.29) is 12.2 Å². The third-order valence-electron chi connectivity index (χ3n) is 3.27. The molecule has 1 aromatic rings. The SMILES string of the molecule is C[C@H]1CN(C(=O)COC(=O)c2c(F)cccc2F)C[C@H](C)O1. The molecule has 2 atom stereocenters. The van der Waals surface area contributed by atoms with Crippen molar-refractivity contribution in [1.82, 2.24) is 4.90 Å². The quantitative estimate of drug-likeness (QED) is 0.798. The first-order chi connectivity index (χ1) is 10.4. The van der Waals surface area contributed by atoms with E-state index in [0.29, 0.717) is 13.1 Å². The van der Waals surface area contributed by atoms with E-state index in [9.17, 15) is 18.4 Å². The molecule has 0 saturated carbocycles. The molecule has 0 spiro atoms. The number of ether oxygens (including phenoxy) is 2. The monoisotopic (exact) mass is 313 g/mol. The molecular formula is C15H17F2NO4. The number of halogens is 2. The number of esters is 1. The van der Waals surface area contributed by atoms with E-state index >= 15 is 0 Å². The minimum absolute atomic E-state index is 0.118. The van der Waals surface area contributed by atoms with Crippen molar-refractivity contribution in [3.8, 4) is 0 Å². The smallest absolute Gasteiger partial charge is 0.344 e.